The van der Waals surface area contributed by atoms with Crippen LogP contribution in [-0.2, 0) is 14.3 Å². The van der Waals surface area contributed by atoms with Crippen molar-refractivity contribution in [2.24, 2.45) is 0 Å². The van der Waals surface area contributed by atoms with Crippen molar-refractivity contribution in [3.63, 3.8) is 0 Å². The van der Waals surface area contributed by atoms with Gasteiger partial charge in [-0.15, -0.1) is 0 Å². The van der Waals surface area contributed by atoms with Crippen LogP contribution in [0.3, 0.4) is 0 Å². The van der Waals surface area contributed by atoms with Crippen LogP contribution in [0, 0.1) is 0 Å². The van der Waals surface area contributed by atoms with E-state index < -0.39 is 23.6 Å². The van der Waals surface area contributed by atoms with Gasteiger partial charge in [0.2, 0.25) is 0 Å². The zero-order chi connectivity index (χ0) is 28.9. The third-order valence-electron chi connectivity index (χ3n) is 7.91. The van der Waals surface area contributed by atoms with Crippen LogP contribution >= 0.6 is 11.6 Å². The molecule has 0 spiro atoms. The summed E-state index contributed by atoms with van der Waals surface area (Å²) >= 11 is 6.91. The number of carbonyl (C=O) groups is 2. The number of urea groups is 1. The monoisotopic (exact) mass is 574 g/mol. The van der Waals surface area contributed by atoms with E-state index in [2.05, 4.69) is 5.32 Å². The minimum absolute atomic E-state index is 0.177. The number of halogens is 1. The predicted octanol–water partition coefficient (Wildman–Crippen LogP) is 5.72. The van der Waals surface area contributed by atoms with Gasteiger partial charge >= 0.3 is 12.0 Å². The molecule has 0 aromatic heterocycles. The molecule has 0 radical (unpaired) electrons. The molecule has 218 valence electrons. The molecule has 2 atom stereocenters. The lowest BCUT2D eigenvalue weighted by molar-refractivity contribution is -0.148. The molecule has 1 saturated heterocycles. The zero-order valence-corrected chi connectivity index (χ0v) is 24.3. The highest BCUT2D eigenvalue weighted by molar-refractivity contribution is 6.33. The van der Waals surface area contributed by atoms with Crippen molar-refractivity contribution >= 4 is 23.6 Å². The van der Waals surface area contributed by atoms with Gasteiger partial charge in [0.1, 0.15) is 17.0 Å². The first kappa shape index (κ1) is 30.0. The number of hydrogen-bond acceptors (Lipinski definition) is 6. The van der Waals surface area contributed by atoms with Gasteiger partial charge in [0.05, 0.1) is 38.0 Å². The number of carbonyl (C=O) groups excluding carboxylic acids is 1. The van der Waals surface area contributed by atoms with Gasteiger partial charge in [0.25, 0.3) is 0 Å². The number of nitrogens with zero attached hydrogens (tertiary/aromatic N) is 1. The Morgan fingerprint density at radius 1 is 1.15 bits per heavy atom. The number of amides is 2. The molecule has 1 heterocycles. The summed E-state index contributed by atoms with van der Waals surface area (Å²) in [5.74, 6) is 0.446. The molecular weight excluding hydrogens is 536 g/mol. The second kappa shape index (κ2) is 13.1. The maximum Gasteiger partial charge on any atom is 0.329 e. The molecule has 0 bridgehead atoms. The number of benzene rings is 2. The molecule has 1 aliphatic heterocycles. The van der Waals surface area contributed by atoms with Crippen molar-refractivity contribution in [2.75, 3.05) is 40.6 Å². The fourth-order valence-corrected chi connectivity index (χ4v) is 5.64. The van der Waals surface area contributed by atoms with Crippen LogP contribution in [-0.4, -0.2) is 68.1 Å². The van der Waals surface area contributed by atoms with Gasteiger partial charge in [-0.25, -0.2) is 9.59 Å². The Labute approximate surface area is 240 Å². The summed E-state index contributed by atoms with van der Waals surface area (Å²) in [5.41, 5.74) is 1.18. The summed E-state index contributed by atoms with van der Waals surface area (Å²) in [6.45, 7) is 4.73. The molecule has 1 unspecified atom stereocenters. The fourth-order valence-electron chi connectivity index (χ4n) is 5.25. The Morgan fingerprint density at radius 3 is 2.40 bits per heavy atom. The first-order chi connectivity index (χ1) is 19.2. The highest BCUT2D eigenvalue weighted by Gasteiger charge is 2.43. The number of methoxy groups -OCH3 is 2. The van der Waals surface area contributed by atoms with E-state index in [0.717, 1.165) is 24.0 Å². The third-order valence-corrected chi connectivity index (χ3v) is 8.30. The molecule has 2 fully saturated rings. The highest BCUT2D eigenvalue weighted by atomic mass is 35.5. The highest BCUT2D eigenvalue weighted by Crippen LogP contribution is 2.53. The van der Waals surface area contributed by atoms with Crippen molar-refractivity contribution in [2.45, 2.75) is 63.1 Å². The molecule has 10 heteroatoms. The van der Waals surface area contributed by atoms with Gasteiger partial charge in [0.15, 0.2) is 0 Å². The molecule has 1 aliphatic carbocycles. The van der Waals surface area contributed by atoms with Crippen LogP contribution in [0.15, 0.2) is 36.4 Å². The van der Waals surface area contributed by atoms with Crippen LogP contribution in [0.2, 0.25) is 5.02 Å². The Hall–Kier alpha value is -3.01. The summed E-state index contributed by atoms with van der Waals surface area (Å²) in [4.78, 5) is 27.7. The Morgan fingerprint density at radius 2 is 1.82 bits per heavy atom. The largest absolute Gasteiger partial charge is 0.496 e. The Balaban J connectivity index is 1.63. The van der Waals surface area contributed by atoms with E-state index in [0.29, 0.717) is 28.0 Å². The first-order valence-electron chi connectivity index (χ1n) is 13.7. The standard InChI is InChI=1S/C30H39ClN2O7/c1-19(23-18-24(37-3)25(22-10-11-22)27(38-4)26(23)31)33(14-17-40-20(2)21-8-6-5-7-9-21)29(36)32-30(28(34)35)12-15-39-16-13-30/h5-9,18-20,22H,10-17H2,1-4H3,(H,32,36)(H,34,35)/t19?,20-/m0/s1. The molecule has 2 N–H and O–H groups in total. The summed E-state index contributed by atoms with van der Waals surface area (Å²) in [6.07, 6.45) is 2.23. The lowest BCUT2D eigenvalue weighted by Gasteiger charge is -2.38. The molecule has 2 aliphatic rings. The molecule has 40 heavy (non-hydrogen) atoms. The second-order valence-electron chi connectivity index (χ2n) is 10.4. The maximum atomic E-state index is 13.8. The van der Waals surface area contributed by atoms with Crippen molar-refractivity contribution in [3.8, 4) is 11.5 Å². The summed E-state index contributed by atoms with van der Waals surface area (Å²) in [5, 5.41) is 13.3. The quantitative estimate of drug-likeness (QED) is 0.334. The Kier molecular flexibility index (Phi) is 9.81. The predicted molar refractivity (Wildman–Crippen MR) is 151 cm³/mol. The molecule has 1 saturated carbocycles. The van der Waals surface area contributed by atoms with Crippen molar-refractivity contribution in [1.82, 2.24) is 10.2 Å². The molecular formula is C30H39ClN2O7. The normalized spacial score (nSPS) is 17.9. The number of carboxylic acid groups (broad SMARTS) is 1. The number of ether oxygens (including phenoxy) is 4. The van der Waals surface area contributed by atoms with E-state index in [1.807, 2.05) is 50.2 Å². The van der Waals surface area contributed by atoms with Crippen LogP contribution in [0.5, 0.6) is 11.5 Å². The molecule has 2 amide bonds. The van der Waals surface area contributed by atoms with Crippen LogP contribution in [0.4, 0.5) is 4.79 Å². The van der Waals surface area contributed by atoms with E-state index in [-0.39, 0.29) is 45.3 Å². The lowest BCUT2D eigenvalue weighted by Crippen LogP contribution is -2.60. The van der Waals surface area contributed by atoms with E-state index in [1.54, 1.807) is 19.1 Å². The molecule has 9 nitrogen and oxygen atoms in total. The number of hydrogen-bond donors (Lipinski definition) is 2. The minimum Gasteiger partial charge on any atom is -0.496 e. The van der Waals surface area contributed by atoms with Gasteiger partial charge in [-0.05, 0) is 44.2 Å². The number of rotatable bonds is 12. The average molecular weight is 575 g/mol. The maximum absolute atomic E-state index is 13.8. The second-order valence-corrected chi connectivity index (χ2v) is 10.8. The lowest BCUT2D eigenvalue weighted by atomic mass is 9.90. The van der Waals surface area contributed by atoms with Crippen LogP contribution in [0.1, 0.15) is 74.3 Å². The number of nitrogens with one attached hydrogen (secondary N) is 1. The third kappa shape index (κ3) is 6.48. The molecule has 4 rings (SSSR count). The summed E-state index contributed by atoms with van der Waals surface area (Å²) in [6, 6.07) is 10.6. The topological polar surface area (TPSA) is 107 Å². The van der Waals surface area contributed by atoms with Crippen molar-refractivity contribution in [1.29, 1.82) is 0 Å². The van der Waals surface area contributed by atoms with Crippen LogP contribution in [0.25, 0.3) is 0 Å². The summed E-state index contributed by atoms with van der Waals surface area (Å²) < 4.78 is 22.9. The van der Waals surface area contributed by atoms with Gasteiger partial charge in [0, 0.05) is 43.7 Å². The van der Waals surface area contributed by atoms with Gasteiger partial charge in [-0.3, -0.25) is 0 Å². The van der Waals surface area contributed by atoms with E-state index in [4.69, 9.17) is 30.5 Å². The first-order valence-corrected chi connectivity index (χ1v) is 14.1. The van der Waals surface area contributed by atoms with Crippen molar-refractivity contribution < 1.29 is 33.6 Å². The fraction of sp³-hybridized carbons (Fsp3) is 0.533. The smallest absolute Gasteiger partial charge is 0.329 e. The summed E-state index contributed by atoms with van der Waals surface area (Å²) in [7, 11) is 3.18. The molecule has 2 aromatic carbocycles. The van der Waals surface area contributed by atoms with E-state index >= 15 is 0 Å². The average Bonchev–Trinajstić information content (AvgIpc) is 3.80. The van der Waals surface area contributed by atoms with E-state index in [9.17, 15) is 14.7 Å². The number of carboxylic acids is 1. The Bertz CT molecular complexity index is 1180. The van der Waals surface area contributed by atoms with E-state index in [1.165, 1.54) is 0 Å². The zero-order valence-electron chi connectivity index (χ0n) is 23.6. The van der Waals surface area contributed by atoms with Gasteiger partial charge in [-0.1, -0.05) is 41.9 Å². The van der Waals surface area contributed by atoms with Gasteiger partial charge in [-0.2, -0.15) is 0 Å². The van der Waals surface area contributed by atoms with Gasteiger partial charge < -0.3 is 34.3 Å². The van der Waals surface area contributed by atoms with Crippen molar-refractivity contribution in [3.05, 3.63) is 58.1 Å². The SMILES string of the molecule is COc1cc(C(C)N(CCO[C@@H](C)c2ccccc2)C(=O)NC2(C(=O)O)CCOCC2)c(Cl)c(OC)c1C1CC1. The molecule has 2 aromatic rings. The number of aliphatic carboxylic acids is 1. The minimum atomic E-state index is -1.42. The van der Waals surface area contributed by atoms with Crippen LogP contribution < -0.4 is 14.8 Å².